The Kier molecular flexibility index (Phi) is 5.85. The number of nitrogens with one attached hydrogen (secondary N) is 2. The van der Waals surface area contributed by atoms with Crippen LogP contribution in [0.3, 0.4) is 0 Å². The molecule has 1 heterocycles. The van der Waals surface area contributed by atoms with E-state index >= 15 is 0 Å². The van der Waals surface area contributed by atoms with Crippen LogP contribution in [-0.4, -0.2) is 28.6 Å². The zero-order valence-electron chi connectivity index (χ0n) is 11.9. The molecular weight excluding hydrogens is 324 g/mol. The number of halogens is 1. The number of rotatable bonds is 6. The number of nitrogens with zero attached hydrogens (tertiary/aromatic N) is 2. The third kappa shape index (κ3) is 4.51. The van der Waals surface area contributed by atoms with Gasteiger partial charge in [-0.3, -0.25) is 9.59 Å². The van der Waals surface area contributed by atoms with Gasteiger partial charge in [0, 0.05) is 17.3 Å². The van der Waals surface area contributed by atoms with E-state index in [4.69, 9.17) is 11.6 Å². The first-order valence-corrected chi connectivity index (χ1v) is 7.98. The molecule has 0 aliphatic carbocycles. The van der Waals surface area contributed by atoms with Crippen molar-refractivity contribution in [2.24, 2.45) is 0 Å². The van der Waals surface area contributed by atoms with E-state index in [-0.39, 0.29) is 15.9 Å². The zero-order chi connectivity index (χ0) is 15.9. The third-order valence-corrected chi connectivity index (χ3v) is 3.87. The van der Waals surface area contributed by atoms with Crippen LogP contribution < -0.4 is 10.6 Å². The van der Waals surface area contributed by atoms with Crippen molar-refractivity contribution in [3.63, 3.8) is 0 Å². The average molecular weight is 339 g/mol. The molecular formula is C14H15ClN4O2S. The molecule has 0 saturated heterocycles. The van der Waals surface area contributed by atoms with Crippen molar-refractivity contribution in [1.82, 2.24) is 15.5 Å². The van der Waals surface area contributed by atoms with Crippen molar-refractivity contribution in [3.8, 4) is 0 Å². The number of carbonyl (C=O) groups excluding carboxylic acids is 2. The fraction of sp³-hybridized carbons (Fsp3) is 0.286. The predicted octanol–water partition coefficient (Wildman–Crippen LogP) is 2.97. The van der Waals surface area contributed by atoms with Gasteiger partial charge < -0.3 is 10.6 Å². The summed E-state index contributed by atoms with van der Waals surface area (Å²) < 4.78 is 0. The van der Waals surface area contributed by atoms with Crippen LogP contribution in [0, 0.1) is 0 Å². The highest BCUT2D eigenvalue weighted by atomic mass is 35.5. The molecule has 6 nitrogen and oxygen atoms in total. The van der Waals surface area contributed by atoms with Gasteiger partial charge in [0.05, 0.1) is 0 Å². The van der Waals surface area contributed by atoms with Crippen LogP contribution in [0.15, 0.2) is 24.3 Å². The molecule has 1 aromatic carbocycles. The van der Waals surface area contributed by atoms with E-state index in [9.17, 15) is 9.59 Å². The predicted molar refractivity (Wildman–Crippen MR) is 86.6 cm³/mol. The van der Waals surface area contributed by atoms with E-state index in [0.717, 1.165) is 24.2 Å². The molecule has 0 saturated carbocycles. The van der Waals surface area contributed by atoms with Crippen molar-refractivity contribution in [2.45, 2.75) is 19.8 Å². The summed E-state index contributed by atoms with van der Waals surface area (Å²) in [6, 6.07) is 6.77. The first-order valence-electron chi connectivity index (χ1n) is 6.78. The molecule has 0 spiro atoms. The van der Waals surface area contributed by atoms with Gasteiger partial charge in [-0.25, -0.2) is 0 Å². The lowest BCUT2D eigenvalue weighted by atomic mass is 10.3. The molecule has 2 aromatic rings. The second-order valence-corrected chi connectivity index (χ2v) is 5.90. The maximum absolute atomic E-state index is 12.0. The van der Waals surface area contributed by atoms with Gasteiger partial charge in [-0.2, -0.15) is 0 Å². The molecule has 0 aliphatic rings. The van der Waals surface area contributed by atoms with Crippen molar-refractivity contribution in [1.29, 1.82) is 0 Å². The zero-order valence-corrected chi connectivity index (χ0v) is 13.5. The van der Waals surface area contributed by atoms with Gasteiger partial charge in [-0.15, -0.1) is 10.2 Å². The molecule has 0 unspecified atom stereocenters. The Balaban J connectivity index is 1.98. The monoisotopic (exact) mass is 338 g/mol. The molecule has 0 aliphatic heterocycles. The number of amides is 2. The normalized spacial score (nSPS) is 10.3. The second-order valence-electron chi connectivity index (χ2n) is 4.49. The van der Waals surface area contributed by atoms with Gasteiger partial charge >= 0.3 is 0 Å². The molecule has 1 aromatic heterocycles. The molecule has 0 atom stereocenters. The Hall–Kier alpha value is -1.99. The summed E-state index contributed by atoms with van der Waals surface area (Å²) in [4.78, 5) is 23.8. The number of anilines is 1. The molecule has 8 heteroatoms. The van der Waals surface area contributed by atoms with Crippen LogP contribution in [0.1, 0.15) is 39.4 Å². The van der Waals surface area contributed by atoms with Crippen LogP contribution >= 0.6 is 22.9 Å². The Morgan fingerprint density at radius 3 is 2.64 bits per heavy atom. The molecule has 22 heavy (non-hydrogen) atoms. The summed E-state index contributed by atoms with van der Waals surface area (Å²) in [5.74, 6) is -0.736. The molecule has 2 N–H and O–H groups in total. The summed E-state index contributed by atoms with van der Waals surface area (Å²) in [6.07, 6.45) is 1.89. The SMILES string of the molecule is CCCCNC(=O)c1nnc(C(=O)Nc2cccc(Cl)c2)s1. The van der Waals surface area contributed by atoms with Gasteiger partial charge in [0.2, 0.25) is 10.0 Å². The number of benzene rings is 1. The highest BCUT2D eigenvalue weighted by Crippen LogP contribution is 2.17. The fourth-order valence-electron chi connectivity index (χ4n) is 1.61. The standard InChI is InChI=1S/C14H15ClN4O2S/c1-2-3-7-16-11(20)13-18-19-14(22-13)12(21)17-10-6-4-5-9(15)8-10/h4-6,8H,2-3,7H2,1H3,(H,16,20)(H,17,21). The van der Waals surface area contributed by atoms with Crippen LogP contribution in [0.4, 0.5) is 5.69 Å². The summed E-state index contributed by atoms with van der Waals surface area (Å²) >= 11 is 6.80. The molecule has 116 valence electrons. The maximum atomic E-state index is 12.0. The van der Waals surface area contributed by atoms with Gasteiger partial charge in [-0.05, 0) is 24.6 Å². The largest absolute Gasteiger partial charge is 0.350 e. The first-order chi connectivity index (χ1) is 10.6. The number of unbranched alkanes of at least 4 members (excludes halogenated alkanes) is 1. The summed E-state index contributed by atoms with van der Waals surface area (Å²) in [5.41, 5.74) is 0.557. The van der Waals surface area contributed by atoms with Crippen molar-refractivity contribution < 1.29 is 9.59 Å². The second kappa shape index (κ2) is 7.86. The Labute approximate surface area is 136 Å². The van der Waals surface area contributed by atoms with E-state index in [2.05, 4.69) is 20.8 Å². The average Bonchev–Trinajstić information content (AvgIpc) is 2.97. The lowest BCUT2D eigenvalue weighted by Crippen LogP contribution is -2.24. The van der Waals surface area contributed by atoms with Crippen molar-refractivity contribution >= 4 is 40.4 Å². The summed E-state index contributed by atoms with van der Waals surface area (Å²) in [5, 5.41) is 13.7. The minimum Gasteiger partial charge on any atom is -0.350 e. The molecule has 0 bridgehead atoms. The molecule has 0 radical (unpaired) electrons. The van der Waals surface area contributed by atoms with Crippen LogP contribution in [-0.2, 0) is 0 Å². The minimum absolute atomic E-state index is 0.126. The first kappa shape index (κ1) is 16.4. The van der Waals surface area contributed by atoms with Gasteiger partial charge in [0.25, 0.3) is 11.8 Å². The smallest absolute Gasteiger partial charge is 0.286 e. The fourth-order valence-corrected chi connectivity index (χ4v) is 2.46. The Morgan fingerprint density at radius 2 is 1.95 bits per heavy atom. The molecule has 2 amide bonds. The third-order valence-electron chi connectivity index (χ3n) is 2.71. The maximum Gasteiger partial charge on any atom is 0.286 e. The van der Waals surface area contributed by atoms with Crippen molar-refractivity contribution in [2.75, 3.05) is 11.9 Å². The van der Waals surface area contributed by atoms with Gasteiger partial charge in [-0.1, -0.05) is 42.3 Å². The summed E-state index contributed by atoms with van der Waals surface area (Å²) in [7, 11) is 0. The lowest BCUT2D eigenvalue weighted by molar-refractivity contribution is 0.0950. The van der Waals surface area contributed by atoms with E-state index in [1.807, 2.05) is 6.92 Å². The van der Waals surface area contributed by atoms with Gasteiger partial charge in [0.15, 0.2) is 0 Å². The molecule has 0 fully saturated rings. The van der Waals surface area contributed by atoms with Crippen molar-refractivity contribution in [3.05, 3.63) is 39.3 Å². The number of aromatic nitrogens is 2. The van der Waals surface area contributed by atoms with E-state index in [0.29, 0.717) is 17.3 Å². The molecule has 2 rings (SSSR count). The Morgan fingerprint density at radius 1 is 1.23 bits per heavy atom. The van der Waals surface area contributed by atoms with Crippen LogP contribution in [0.2, 0.25) is 5.02 Å². The quantitative estimate of drug-likeness (QED) is 0.793. The highest BCUT2D eigenvalue weighted by molar-refractivity contribution is 7.15. The van der Waals surface area contributed by atoms with Crippen LogP contribution in [0.25, 0.3) is 0 Å². The lowest BCUT2D eigenvalue weighted by Gasteiger charge is -2.02. The van der Waals surface area contributed by atoms with E-state index in [1.54, 1.807) is 24.3 Å². The number of hydrogen-bond acceptors (Lipinski definition) is 5. The number of hydrogen-bond donors (Lipinski definition) is 2. The minimum atomic E-state index is -0.424. The Bertz CT molecular complexity index is 674. The highest BCUT2D eigenvalue weighted by Gasteiger charge is 2.17. The topological polar surface area (TPSA) is 84.0 Å². The van der Waals surface area contributed by atoms with E-state index < -0.39 is 5.91 Å². The summed E-state index contributed by atoms with van der Waals surface area (Å²) in [6.45, 7) is 2.62. The van der Waals surface area contributed by atoms with Crippen LogP contribution in [0.5, 0.6) is 0 Å². The van der Waals surface area contributed by atoms with E-state index in [1.165, 1.54) is 0 Å². The van der Waals surface area contributed by atoms with Gasteiger partial charge in [0.1, 0.15) is 0 Å². The number of carbonyl (C=O) groups is 2.